The summed E-state index contributed by atoms with van der Waals surface area (Å²) < 4.78 is 9.18. The van der Waals surface area contributed by atoms with Gasteiger partial charge in [-0.1, -0.05) is 0 Å². The lowest BCUT2D eigenvalue weighted by Gasteiger charge is -2.19. The molecule has 0 rings (SSSR count). The zero-order chi connectivity index (χ0) is 14.3. The van der Waals surface area contributed by atoms with Crippen molar-refractivity contribution in [2.75, 3.05) is 13.7 Å². The molecule has 0 amide bonds. The molecule has 0 aromatic rings. The average molecular weight is 266 g/mol. The molecule has 0 heterocycles. The van der Waals surface area contributed by atoms with Crippen LogP contribution in [0.3, 0.4) is 0 Å². The van der Waals surface area contributed by atoms with E-state index in [1.54, 1.807) is 0 Å². The first-order chi connectivity index (χ1) is 8.19. The molecule has 0 aromatic heterocycles. The Kier molecular flexibility index (Phi) is 6.77. The van der Waals surface area contributed by atoms with Crippen LogP contribution >= 0.6 is 0 Å². The normalized spacial score (nSPS) is 14.9. The number of carboxylic acid groups (broad SMARTS) is 1. The van der Waals surface area contributed by atoms with Crippen LogP contribution in [0.5, 0.6) is 0 Å². The highest BCUT2D eigenvalue weighted by Gasteiger charge is 2.34. The van der Waals surface area contributed by atoms with E-state index in [0.29, 0.717) is 0 Å². The lowest BCUT2D eigenvalue weighted by atomic mass is 10.1. The van der Waals surface area contributed by atoms with Crippen molar-refractivity contribution in [3.05, 3.63) is 0 Å². The lowest BCUT2D eigenvalue weighted by molar-refractivity contribution is -0.175. The van der Waals surface area contributed by atoms with E-state index in [1.807, 2.05) is 0 Å². The molecule has 8 nitrogen and oxygen atoms in total. The number of methoxy groups -OCH3 is 1. The number of carbonyl (C=O) groups is 2. The van der Waals surface area contributed by atoms with Gasteiger partial charge in [0.15, 0.2) is 18.0 Å². The van der Waals surface area contributed by atoms with Gasteiger partial charge in [-0.05, 0) is 13.3 Å². The summed E-state index contributed by atoms with van der Waals surface area (Å²) in [4.78, 5) is 21.7. The second-order valence-electron chi connectivity index (χ2n) is 3.92. The van der Waals surface area contributed by atoms with Crippen LogP contribution in [0.25, 0.3) is 0 Å². The van der Waals surface area contributed by atoms with Crippen LogP contribution in [-0.4, -0.2) is 64.1 Å². The second-order valence-corrected chi connectivity index (χ2v) is 3.92. The molecule has 0 fully saturated rings. The summed E-state index contributed by atoms with van der Waals surface area (Å²) in [5, 5.41) is 35.8. The zero-order valence-corrected chi connectivity index (χ0v) is 10.2. The molecule has 106 valence electrons. The third-order valence-electron chi connectivity index (χ3n) is 2.07. The predicted molar refractivity (Wildman–Crippen MR) is 57.5 cm³/mol. The van der Waals surface area contributed by atoms with Gasteiger partial charge >= 0.3 is 11.9 Å². The maximum absolute atomic E-state index is 11.2. The number of aliphatic carboxylic acids is 1. The lowest BCUT2D eigenvalue weighted by Crippen LogP contribution is -2.42. The van der Waals surface area contributed by atoms with E-state index < -0.39 is 29.9 Å². The monoisotopic (exact) mass is 266 g/mol. The minimum atomic E-state index is -2.04. The third kappa shape index (κ3) is 6.50. The van der Waals surface area contributed by atoms with Crippen molar-refractivity contribution in [1.82, 2.24) is 0 Å². The predicted octanol–water partition coefficient (Wildman–Crippen LogP) is -1.53. The summed E-state index contributed by atoms with van der Waals surface area (Å²) in [6.45, 7) is 1.05. The summed E-state index contributed by atoms with van der Waals surface area (Å²) >= 11 is 0. The number of ether oxygens (including phenoxy) is 2. The maximum atomic E-state index is 11.2. The van der Waals surface area contributed by atoms with Crippen LogP contribution in [0.2, 0.25) is 0 Å². The van der Waals surface area contributed by atoms with Gasteiger partial charge in [-0.2, -0.15) is 0 Å². The molecule has 4 N–H and O–H groups in total. The fraction of sp³-hybridized carbons (Fsp3) is 0.800. The highest BCUT2D eigenvalue weighted by atomic mass is 16.6. The topological polar surface area (TPSA) is 134 Å². The summed E-state index contributed by atoms with van der Waals surface area (Å²) in [6, 6.07) is 0. The third-order valence-corrected chi connectivity index (χ3v) is 2.07. The maximum Gasteiger partial charge on any atom is 0.338 e. The molecule has 0 saturated carbocycles. The molecule has 0 aliphatic heterocycles. The quantitative estimate of drug-likeness (QED) is 0.236. The number of esters is 1. The van der Waals surface area contributed by atoms with E-state index >= 15 is 0 Å². The number of hydrogen-bond donors (Lipinski definition) is 4. The van der Waals surface area contributed by atoms with Gasteiger partial charge in [0.25, 0.3) is 0 Å². The largest absolute Gasteiger partial charge is 0.479 e. The van der Waals surface area contributed by atoms with Gasteiger partial charge in [-0.25, -0.2) is 9.59 Å². The minimum absolute atomic E-state index is 0.0238. The van der Waals surface area contributed by atoms with Gasteiger partial charge in [0, 0.05) is 13.0 Å². The Bertz CT molecular complexity index is 282. The highest BCUT2D eigenvalue weighted by molar-refractivity contribution is 5.84. The van der Waals surface area contributed by atoms with Gasteiger partial charge < -0.3 is 29.9 Å². The first kappa shape index (κ1) is 16.8. The van der Waals surface area contributed by atoms with Crippen molar-refractivity contribution in [2.24, 2.45) is 0 Å². The summed E-state index contributed by atoms with van der Waals surface area (Å²) in [6.07, 6.45) is -3.53. The molecule has 0 bridgehead atoms. The van der Waals surface area contributed by atoms with Gasteiger partial charge in [0.2, 0.25) is 0 Å². The molecule has 0 saturated heterocycles. The van der Waals surface area contributed by atoms with Crippen LogP contribution in [0.4, 0.5) is 0 Å². The van der Waals surface area contributed by atoms with E-state index in [9.17, 15) is 14.7 Å². The first-order valence-electron chi connectivity index (χ1n) is 5.24. The Morgan fingerprint density at radius 3 is 2.28 bits per heavy atom. The molecular formula is C10H18O8. The van der Waals surface area contributed by atoms with Crippen molar-refractivity contribution < 1.29 is 39.5 Å². The fourth-order valence-electron chi connectivity index (χ4n) is 1.15. The molecule has 0 aromatic carbocycles. The van der Waals surface area contributed by atoms with Crippen LogP contribution in [0, 0.1) is 0 Å². The fourth-order valence-corrected chi connectivity index (χ4v) is 1.15. The van der Waals surface area contributed by atoms with Gasteiger partial charge in [-0.15, -0.1) is 0 Å². The van der Waals surface area contributed by atoms with E-state index in [4.69, 9.17) is 20.1 Å². The molecule has 2 atom stereocenters. The second kappa shape index (κ2) is 7.27. The zero-order valence-electron chi connectivity index (χ0n) is 10.2. The van der Waals surface area contributed by atoms with Crippen molar-refractivity contribution in [1.29, 1.82) is 0 Å². The van der Waals surface area contributed by atoms with Crippen molar-refractivity contribution in [3.8, 4) is 0 Å². The average Bonchev–Trinajstić information content (AvgIpc) is 2.25. The van der Waals surface area contributed by atoms with E-state index in [2.05, 4.69) is 4.74 Å². The Balaban J connectivity index is 4.27. The number of carboxylic acids is 1. The van der Waals surface area contributed by atoms with Gasteiger partial charge in [0.1, 0.15) is 0 Å². The molecule has 0 aliphatic carbocycles. The van der Waals surface area contributed by atoms with Crippen LogP contribution in [0.15, 0.2) is 0 Å². The molecule has 2 unspecified atom stereocenters. The number of aliphatic hydroxyl groups excluding tert-OH is 1. The molecule has 0 spiro atoms. The van der Waals surface area contributed by atoms with Crippen molar-refractivity contribution >= 4 is 11.9 Å². The number of carbonyl (C=O) groups excluding carboxylic acids is 1. The summed E-state index contributed by atoms with van der Waals surface area (Å²) in [5.41, 5.74) is 0. The highest BCUT2D eigenvalue weighted by Crippen LogP contribution is 2.09. The van der Waals surface area contributed by atoms with Crippen molar-refractivity contribution in [3.63, 3.8) is 0 Å². The first-order valence-corrected chi connectivity index (χ1v) is 5.24. The van der Waals surface area contributed by atoms with Crippen molar-refractivity contribution in [2.45, 2.75) is 37.8 Å². The Hall–Kier alpha value is -1.22. The molecule has 8 heteroatoms. The Morgan fingerprint density at radius 2 is 1.89 bits per heavy atom. The van der Waals surface area contributed by atoms with Crippen LogP contribution < -0.4 is 0 Å². The SMILES string of the molecule is COC(=O)C(OCCCC(C)(O)O)C(O)C(=O)O. The van der Waals surface area contributed by atoms with Crippen LogP contribution in [0.1, 0.15) is 19.8 Å². The van der Waals surface area contributed by atoms with E-state index in [-0.39, 0.29) is 19.4 Å². The molecular weight excluding hydrogens is 248 g/mol. The standard InChI is InChI=1S/C10H18O8/c1-10(15,16)4-3-5-18-7(9(14)17-2)6(11)8(12)13/h6-7,11,15-16H,3-5H2,1-2H3,(H,12,13). The molecule has 18 heavy (non-hydrogen) atoms. The smallest absolute Gasteiger partial charge is 0.338 e. The Labute approximate surface area is 104 Å². The van der Waals surface area contributed by atoms with Gasteiger partial charge in [0.05, 0.1) is 7.11 Å². The van der Waals surface area contributed by atoms with E-state index in [0.717, 1.165) is 7.11 Å². The summed E-state index contributed by atoms with van der Waals surface area (Å²) in [7, 11) is 1.03. The number of aliphatic hydroxyl groups is 3. The van der Waals surface area contributed by atoms with Crippen LogP contribution in [-0.2, 0) is 19.1 Å². The summed E-state index contributed by atoms with van der Waals surface area (Å²) in [5.74, 6) is -4.49. The molecule has 0 radical (unpaired) electrons. The number of hydrogen-bond acceptors (Lipinski definition) is 7. The van der Waals surface area contributed by atoms with E-state index in [1.165, 1.54) is 6.92 Å². The Morgan fingerprint density at radius 1 is 1.33 bits per heavy atom. The molecule has 0 aliphatic rings. The number of rotatable bonds is 8. The van der Waals surface area contributed by atoms with Gasteiger partial charge in [-0.3, -0.25) is 0 Å². The minimum Gasteiger partial charge on any atom is -0.479 e.